The molecular formula is C36H45N3O5. The van der Waals surface area contributed by atoms with Crippen LogP contribution in [0.3, 0.4) is 0 Å². The van der Waals surface area contributed by atoms with E-state index in [1.54, 1.807) is 13.0 Å². The van der Waals surface area contributed by atoms with E-state index in [9.17, 15) is 14.4 Å². The summed E-state index contributed by atoms with van der Waals surface area (Å²) in [5.41, 5.74) is 18.4. The lowest BCUT2D eigenvalue weighted by Gasteiger charge is -2.15. The SMILES string of the molecule is CCCc1cc(CCC)cc(Cn2c3cccc(C(N)=O)c3c3c(OCC(=O)OCC)ccc(CCCCCC(N)=O)c32)c1. The lowest BCUT2D eigenvalue weighted by atomic mass is 9.99. The van der Waals surface area contributed by atoms with E-state index in [-0.39, 0.29) is 19.1 Å². The number of ether oxygens (including phenoxy) is 2. The second-order valence-corrected chi connectivity index (χ2v) is 11.4. The molecular weight excluding hydrogens is 554 g/mol. The summed E-state index contributed by atoms with van der Waals surface area (Å²) in [4.78, 5) is 36.3. The number of aryl methyl sites for hydroxylation is 3. The number of amides is 2. The van der Waals surface area contributed by atoms with Gasteiger partial charge in [-0.1, -0.05) is 63.4 Å². The Balaban J connectivity index is 1.93. The Morgan fingerprint density at radius 3 is 2.14 bits per heavy atom. The molecule has 8 heteroatoms. The number of hydrogen-bond donors (Lipinski definition) is 2. The fraction of sp³-hybridized carbons (Fsp3) is 0.417. The van der Waals surface area contributed by atoms with Gasteiger partial charge in [0.2, 0.25) is 11.8 Å². The maximum absolute atomic E-state index is 12.8. The Bertz CT molecular complexity index is 1610. The highest BCUT2D eigenvalue weighted by atomic mass is 16.6. The van der Waals surface area contributed by atoms with Crippen LogP contribution in [0.15, 0.2) is 48.5 Å². The fourth-order valence-electron chi connectivity index (χ4n) is 6.12. The number of esters is 1. The van der Waals surface area contributed by atoms with Gasteiger partial charge >= 0.3 is 5.97 Å². The third-order valence-electron chi connectivity index (χ3n) is 7.89. The van der Waals surface area contributed by atoms with Crippen LogP contribution in [0.2, 0.25) is 0 Å². The monoisotopic (exact) mass is 599 g/mol. The molecule has 4 aromatic rings. The second kappa shape index (κ2) is 15.4. The molecule has 0 radical (unpaired) electrons. The Morgan fingerprint density at radius 2 is 1.50 bits per heavy atom. The van der Waals surface area contributed by atoms with Gasteiger partial charge in [-0.3, -0.25) is 9.59 Å². The van der Waals surface area contributed by atoms with Crippen molar-refractivity contribution >= 4 is 39.6 Å². The number of aromatic nitrogens is 1. The van der Waals surface area contributed by atoms with E-state index in [4.69, 9.17) is 20.9 Å². The third-order valence-corrected chi connectivity index (χ3v) is 7.89. The molecule has 0 saturated carbocycles. The van der Waals surface area contributed by atoms with Crippen LogP contribution in [0.4, 0.5) is 0 Å². The van der Waals surface area contributed by atoms with Crippen molar-refractivity contribution in [1.29, 1.82) is 0 Å². The van der Waals surface area contributed by atoms with E-state index in [0.29, 0.717) is 29.7 Å². The van der Waals surface area contributed by atoms with Crippen molar-refractivity contribution in [3.8, 4) is 5.75 Å². The van der Waals surface area contributed by atoms with Gasteiger partial charge in [-0.25, -0.2) is 4.79 Å². The van der Waals surface area contributed by atoms with E-state index >= 15 is 0 Å². The third kappa shape index (κ3) is 7.78. The molecule has 0 spiro atoms. The maximum atomic E-state index is 12.8. The normalized spacial score (nSPS) is 11.2. The zero-order valence-corrected chi connectivity index (χ0v) is 26.2. The first kappa shape index (κ1) is 32.6. The number of nitrogens with two attached hydrogens (primary N) is 2. The highest BCUT2D eigenvalue weighted by molar-refractivity contribution is 6.20. The van der Waals surface area contributed by atoms with Crippen LogP contribution < -0.4 is 16.2 Å². The van der Waals surface area contributed by atoms with Crippen LogP contribution >= 0.6 is 0 Å². The smallest absolute Gasteiger partial charge is 0.344 e. The first-order valence-electron chi connectivity index (χ1n) is 15.8. The number of nitrogens with zero attached hydrogens (tertiary/aromatic N) is 1. The van der Waals surface area contributed by atoms with Crippen LogP contribution in [0, 0.1) is 0 Å². The molecule has 0 aliphatic heterocycles. The van der Waals surface area contributed by atoms with Crippen LogP contribution in [0.1, 0.15) is 91.9 Å². The average Bonchev–Trinajstić information content (AvgIpc) is 3.31. The summed E-state index contributed by atoms with van der Waals surface area (Å²) in [6.45, 7) is 6.74. The molecule has 0 unspecified atom stereocenters. The Hall–Kier alpha value is -4.33. The van der Waals surface area contributed by atoms with Crippen LogP contribution in [-0.2, 0) is 40.1 Å². The Labute approximate surface area is 259 Å². The number of fused-ring (bicyclic) bond motifs is 3. The fourth-order valence-corrected chi connectivity index (χ4v) is 6.12. The molecule has 0 bridgehead atoms. The zero-order valence-electron chi connectivity index (χ0n) is 26.2. The highest BCUT2D eigenvalue weighted by Gasteiger charge is 2.23. The summed E-state index contributed by atoms with van der Waals surface area (Å²) in [7, 11) is 0. The van der Waals surface area contributed by atoms with E-state index in [0.717, 1.165) is 73.3 Å². The predicted molar refractivity (Wildman–Crippen MR) is 175 cm³/mol. The minimum absolute atomic E-state index is 0.250. The topological polar surface area (TPSA) is 127 Å². The summed E-state index contributed by atoms with van der Waals surface area (Å²) in [6.07, 6.45) is 7.72. The molecule has 2 amide bonds. The summed E-state index contributed by atoms with van der Waals surface area (Å²) < 4.78 is 13.4. The molecule has 0 aliphatic carbocycles. The summed E-state index contributed by atoms with van der Waals surface area (Å²) in [6, 6.07) is 16.4. The van der Waals surface area contributed by atoms with E-state index in [1.807, 2.05) is 24.3 Å². The molecule has 3 aromatic carbocycles. The molecule has 44 heavy (non-hydrogen) atoms. The molecule has 0 saturated heterocycles. The van der Waals surface area contributed by atoms with Crippen LogP contribution in [0.5, 0.6) is 5.75 Å². The number of hydrogen-bond acceptors (Lipinski definition) is 5. The lowest BCUT2D eigenvalue weighted by molar-refractivity contribution is -0.145. The van der Waals surface area contributed by atoms with Crippen LogP contribution in [-0.4, -0.2) is 35.6 Å². The van der Waals surface area contributed by atoms with E-state index in [1.165, 1.54) is 16.7 Å². The van der Waals surface area contributed by atoms with Crippen LogP contribution in [0.25, 0.3) is 21.8 Å². The van der Waals surface area contributed by atoms with Gasteiger partial charge < -0.3 is 25.5 Å². The Kier molecular flexibility index (Phi) is 11.4. The number of rotatable bonds is 17. The Morgan fingerprint density at radius 1 is 0.795 bits per heavy atom. The van der Waals surface area contributed by atoms with Gasteiger partial charge in [-0.2, -0.15) is 0 Å². The van der Waals surface area contributed by atoms with E-state index in [2.05, 4.69) is 36.6 Å². The second-order valence-electron chi connectivity index (χ2n) is 11.4. The predicted octanol–water partition coefficient (Wildman–Crippen LogP) is 6.38. The summed E-state index contributed by atoms with van der Waals surface area (Å²) in [5, 5.41) is 1.47. The molecule has 0 fully saturated rings. The minimum atomic E-state index is -0.530. The molecule has 8 nitrogen and oxygen atoms in total. The molecule has 0 aliphatic rings. The largest absolute Gasteiger partial charge is 0.481 e. The molecule has 0 atom stereocenters. The number of primary amides is 2. The van der Waals surface area contributed by atoms with Crippen molar-refractivity contribution in [2.75, 3.05) is 13.2 Å². The van der Waals surface area contributed by atoms with Gasteiger partial charge in [0.1, 0.15) is 5.75 Å². The quantitative estimate of drug-likeness (QED) is 0.108. The number of carbonyl (C=O) groups excluding carboxylic acids is 3. The van der Waals surface area contributed by atoms with Gasteiger partial charge in [0.25, 0.3) is 0 Å². The zero-order chi connectivity index (χ0) is 31.6. The van der Waals surface area contributed by atoms with Gasteiger partial charge in [0.15, 0.2) is 6.61 Å². The maximum Gasteiger partial charge on any atom is 0.344 e. The number of carbonyl (C=O) groups is 3. The van der Waals surface area contributed by atoms with Gasteiger partial charge in [-0.15, -0.1) is 0 Å². The van der Waals surface area contributed by atoms with Gasteiger partial charge in [-0.05, 0) is 79.5 Å². The molecule has 4 N–H and O–H groups in total. The van der Waals surface area contributed by atoms with Gasteiger partial charge in [0, 0.05) is 23.9 Å². The lowest BCUT2D eigenvalue weighted by Crippen LogP contribution is -2.15. The molecule has 4 rings (SSSR count). The van der Waals surface area contributed by atoms with Crippen molar-refractivity contribution in [2.45, 2.75) is 85.1 Å². The van der Waals surface area contributed by atoms with E-state index < -0.39 is 11.9 Å². The van der Waals surface area contributed by atoms with Crippen molar-refractivity contribution in [3.05, 3.63) is 76.3 Å². The standard InChI is InChI=1S/C36H45N3O5/c1-4-11-24-19-25(12-5-2)21-26(20-24)22-39-29-15-10-14-28(36(38)42)33(29)34-30(44-23-32(41)43-6-3)18-17-27(35(34)39)13-8-7-9-16-31(37)40/h10,14-15,17-21H,4-9,11-13,16,22-23H2,1-3H3,(H2,37,40)(H2,38,42). The molecule has 1 aromatic heterocycles. The number of benzene rings is 3. The summed E-state index contributed by atoms with van der Waals surface area (Å²) in [5.74, 6) is -0.788. The minimum Gasteiger partial charge on any atom is -0.481 e. The van der Waals surface area contributed by atoms with Crippen molar-refractivity contribution < 1.29 is 23.9 Å². The van der Waals surface area contributed by atoms with Gasteiger partial charge in [0.05, 0.1) is 23.0 Å². The first-order valence-corrected chi connectivity index (χ1v) is 15.8. The molecule has 1 heterocycles. The number of unbranched alkanes of at least 4 members (excludes halogenated alkanes) is 2. The van der Waals surface area contributed by atoms with Crippen molar-refractivity contribution in [3.63, 3.8) is 0 Å². The van der Waals surface area contributed by atoms with Crippen molar-refractivity contribution in [2.24, 2.45) is 11.5 Å². The van der Waals surface area contributed by atoms with Crippen molar-refractivity contribution in [1.82, 2.24) is 4.57 Å². The first-order chi connectivity index (χ1) is 21.3. The summed E-state index contributed by atoms with van der Waals surface area (Å²) >= 11 is 0. The highest BCUT2D eigenvalue weighted by Crippen LogP contribution is 2.40. The average molecular weight is 600 g/mol. The molecule has 234 valence electrons.